The van der Waals surface area contributed by atoms with Crippen molar-refractivity contribution in [2.24, 2.45) is 0 Å². The monoisotopic (exact) mass is 859 g/mol. The van der Waals surface area contributed by atoms with E-state index >= 15 is 0 Å². The third-order valence-electron chi connectivity index (χ3n) is 12.8. The number of benzene rings is 7. The van der Waals surface area contributed by atoms with Gasteiger partial charge in [0.2, 0.25) is 0 Å². The topological polar surface area (TPSA) is 9.72 Å². The second-order valence-corrected chi connectivity index (χ2v) is 22.7. The Labute approximate surface area is 370 Å². The number of rotatable bonds is 2. The highest BCUT2D eigenvalue weighted by Crippen LogP contribution is 2.69. The molecule has 0 amide bonds. The third-order valence-corrected chi connectivity index (χ3v) is 17.5. The number of nitrogens with zero attached hydrogens (tertiary/aromatic N) is 3. The summed E-state index contributed by atoms with van der Waals surface area (Å²) in [5.41, 5.74) is 11.2. The smallest absolute Gasteiger partial charge is 0.127 e. The van der Waals surface area contributed by atoms with Crippen molar-refractivity contribution in [3.63, 3.8) is 0 Å². The molecule has 2 aliphatic heterocycles. The fourth-order valence-corrected chi connectivity index (χ4v) is 15.0. The highest BCUT2D eigenvalue weighted by atomic mass is 32.1. The zero-order chi connectivity index (χ0) is 41.1. The van der Waals surface area contributed by atoms with Crippen molar-refractivity contribution in [1.29, 1.82) is 0 Å². The Morgan fingerprint density at radius 3 is 1.20 bits per heavy atom. The lowest BCUT2D eigenvalue weighted by atomic mass is 9.87. The van der Waals surface area contributed by atoms with Gasteiger partial charge < -0.3 is 9.80 Å². The van der Waals surface area contributed by atoms with Crippen molar-refractivity contribution in [1.82, 2.24) is 0 Å². The Hall–Kier alpha value is -5.70. The SMILES string of the molecule is CC(C)(C)c1ccc(N2c3cccc4c3N(c3sc5c(ccc6sc7ccccc7c65)c32)c2sc3c(ccc5sc6ccccc6c53)c2N4c2ccc(C(C)(C)C)cc2)cc1. The first kappa shape index (κ1) is 36.0. The van der Waals surface area contributed by atoms with Crippen LogP contribution < -0.4 is 14.7 Å². The van der Waals surface area contributed by atoms with Gasteiger partial charge in [0.15, 0.2) is 0 Å². The zero-order valence-corrected chi connectivity index (χ0v) is 38.0. The molecule has 61 heavy (non-hydrogen) atoms. The minimum atomic E-state index is 0.0504. The van der Waals surface area contributed by atoms with Crippen LogP contribution in [0.3, 0.4) is 0 Å². The van der Waals surface area contributed by atoms with Crippen molar-refractivity contribution in [2.45, 2.75) is 52.4 Å². The van der Waals surface area contributed by atoms with E-state index in [9.17, 15) is 0 Å². The van der Waals surface area contributed by atoms with Crippen LogP contribution in [0.25, 0.3) is 60.5 Å². The molecule has 7 aromatic carbocycles. The summed E-state index contributed by atoms with van der Waals surface area (Å²) < 4.78 is 8.04. The molecule has 3 nitrogen and oxygen atoms in total. The van der Waals surface area contributed by atoms with Gasteiger partial charge in [-0.1, -0.05) is 108 Å². The molecule has 2 aliphatic rings. The largest absolute Gasteiger partial charge is 0.305 e. The Morgan fingerprint density at radius 1 is 0.344 bits per heavy atom. The van der Waals surface area contributed by atoms with E-state index in [0.717, 1.165) is 0 Å². The first-order valence-electron chi connectivity index (χ1n) is 21.0. The molecule has 0 aliphatic carbocycles. The fraction of sp³-hybridized carbons (Fsp3) is 0.148. The molecule has 0 atom stereocenters. The first-order valence-corrected chi connectivity index (χ1v) is 24.3. The predicted octanol–water partition coefficient (Wildman–Crippen LogP) is 18.5. The molecular formula is C54H41N3S4. The first-order chi connectivity index (χ1) is 29.5. The molecule has 11 aromatic rings. The van der Waals surface area contributed by atoms with Crippen LogP contribution in [-0.4, -0.2) is 0 Å². The molecule has 13 rings (SSSR count). The standard InChI is InChI=1S/C54H41N3S4/c1-53(2,3)30-18-22-32(23-19-30)55-38-14-11-15-39-48(38)57(51-46(55)36-26-28-42-44(49(36)60-51)34-12-7-9-16-40(34)58-42)52-47(56(39)33-24-20-31(21-25-33)54(4,5)6)37-27-29-43-45(50(37)61-52)35-13-8-10-17-41(35)59-43/h7-29H,1-6H3. The molecule has 4 aromatic heterocycles. The van der Waals surface area contributed by atoms with Crippen LogP contribution in [0.4, 0.5) is 49.8 Å². The van der Waals surface area contributed by atoms with Crippen molar-refractivity contribution in [3.8, 4) is 0 Å². The van der Waals surface area contributed by atoms with Gasteiger partial charge in [0.25, 0.3) is 0 Å². The van der Waals surface area contributed by atoms with Gasteiger partial charge in [0.05, 0.1) is 28.4 Å². The number of fused-ring (bicyclic) bond motifs is 16. The molecule has 0 spiro atoms. The Morgan fingerprint density at radius 2 is 0.770 bits per heavy atom. The van der Waals surface area contributed by atoms with E-state index in [0.29, 0.717) is 0 Å². The molecule has 7 heteroatoms. The second-order valence-electron chi connectivity index (χ2n) is 18.6. The zero-order valence-electron chi connectivity index (χ0n) is 34.8. The molecule has 6 heterocycles. The lowest BCUT2D eigenvalue weighted by Crippen LogP contribution is -2.28. The van der Waals surface area contributed by atoms with Gasteiger partial charge in [-0.3, -0.25) is 4.90 Å². The Balaban J connectivity index is 1.17. The average molecular weight is 860 g/mol. The number of para-hydroxylation sites is 1. The minimum absolute atomic E-state index is 0.0504. The van der Waals surface area contributed by atoms with Crippen LogP contribution in [0.2, 0.25) is 0 Å². The van der Waals surface area contributed by atoms with Crippen LogP contribution >= 0.6 is 45.3 Å². The molecule has 0 fully saturated rings. The maximum atomic E-state index is 2.66. The average Bonchev–Trinajstić information content (AvgIpc) is 4.03. The van der Waals surface area contributed by atoms with E-state index in [-0.39, 0.29) is 10.8 Å². The molecule has 0 unspecified atom stereocenters. The summed E-state index contributed by atoms with van der Waals surface area (Å²) in [5.74, 6) is 0. The molecule has 0 bridgehead atoms. The Kier molecular flexibility index (Phi) is 7.35. The third kappa shape index (κ3) is 5.00. The van der Waals surface area contributed by atoms with Crippen LogP contribution in [0, 0.1) is 0 Å². The van der Waals surface area contributed by atoms with Gasteiger partial charge in [0.1, 0.15) is 10.0 Å². The van der Waals surface area contributed by atoms with Gasteiger partial charge in [-0.25, -0.2) is 0 Å². The highest BCUT2D eigenvalue weighted by molar-refractivity contribution is 7.30. The summed E-state index contributed by atoms with van der Waals surface area (Å²) in [6, 6.07) is 53.1. The van der Waals surface area contributed by atoms with Crippen LogP contribution in [0.15, 0.2) is 140 Å². The lowest BCUT2D eigenvalue weighted by Gasteiger charge is -2.44. The number of hydrogen-bond acceptors (Lipinski definition) is 7. The summed E-state index contributed by atoms with van der Waals surface area (Å²) in [7, 11) is 0. The van der Waals surface area contributed by atoms with Crippen LogP contribution in [0.5, 0.6) is 0 Å². The summed E-state index contributed by atoms with van der Waals surface area (Å²) in [6.45, 7) is 13.8. The molecule has 0 saturated heterocycles. The van der Waals surface area contributed by atoms with E-state index in [4.69, 9.17) is 0 Å². The number of anilines is 9. The van der Waals surface area contributed by atoms with Gasteiger partial charge in [-0.2, -0.15) is 0 Å². The summed E-state index contributed by atoms with van der Waals surface area (Å²) in [6.07, 6.45) is 0. The van der Waals surface area contributed by atoms with Crippen molar-refractivity contribution in [2.75, 3.05) is 14.7 Å². The van der Waals surface area contributed by atoms with E-state index in [1.807, 2.05) is 45.3 Å². The lowest BCUT2D eigenvalue weighted by molar-refractivity contribution is 0.590. The van der Waals surface area contributed by atoms with Crippen LogP contribution in [-0.2, 0) is 10.8 Å². The fourth-order valence-electron chi connectivity index (χ4n) is 9.81. The number of hydrogen-bond donors (Lipinski definition) is 0. The van der Waals surface area contributed by atoms with Crippen molar-refractivity contribution >= 4 is 156 Å². The molecule has 0 radical (unpaired) electrons. The number of thiophene rings is 4. The van der Waals surface area contributed by atoms with Gasteiger partial charge in [-0.15, -0.1) is 45.3 Å². The summed E-state index contributed by atoms with van der Waals surface area (Å²) >= 11 is 7.72. The van der Waals surface area contributed by atoms with Crippen molar-refractivity contribution < 1.29 is 0 Å². The maximum absolute atomic E-state index is 2.66. The molecule has 296 valence electrons. The van der Waals surface area contributed by atoms with Crippen molar-refractivity contribution in [3.05, 3.63) is 151 Å². The van der Waals surface area contributed by atoms with E-state index in [1.54, 1.807) is 0 Å². The summed E-state index contributed by atoms with van der Waals surface area (Å²) in [4.78, 5) is 7.80. The van der Waals surface area contributed by atoms with Gasteiger partial charge in [0, 0.05) is 71.9 Å². The van der Waals surface area contributed by atoms with Gasteiger partial charge in [-0.05, 0) is 94.8 Å². The highest BCUT2D eigenvalue weighted by Gasteiger charge is 2.43. The maximum Gasteiger partial charge on any atom is 0.127 e. The summed E-state index contributed by atoms with van der Waals surface area (Å²) in [5, 5.41) is 10.5. The second kappa shape index (κ2) is 12.5. The van der Waals surface area contributed by atoms with E-state index < -0.39 is 0 Å². The Bertz CT molecular complexity index is 3390. The quantitative estimate of drug-likeness (QED) is 0.171. The molecule has 0 saturated carbocycles. The van der Waals surface area contributed by atoms with E-state index in [1.165, 1.54) is 121 Å². The molecule has 0 N–H and O–H groups in total. The molecular weight excluding hydrogens is 819 g/mol. The van der Waals surface area contributed by atoms with E-state index in [2.05, 4.69) is 196 Å². The van der Waals surface area contributed by atoms with Gasteiger partial charge >= 0.3 is 0 Å². The normalized spacial score (nSPS) is 14.0. The van der Waals surface area contributed by atoms with Crippen LogP contribution in [0.1, 0.15) is 52.7 Å². The minimum Gasteiger partial charge on any atom is -0.305 e. The predicted molar refractivity (Wildman–Crippen MR) is 272 cm³/mol.